The summed E-state index contributed by atoms with van der Waals surface area (Å²) in [5.74, 6) is 0. The second kappa shape index (κ2) is 5.12. The molecular formula is C14H14N2. The average Bonchev–Trinajstić information content (AvgIpc) is 2.33. The van der Waals surface area contributed by atoms with E-state index in [2.05, 4.69) is 17.1 Å². The summed E-state index contributed by atoms with van der Waals surface area (Å²) in [5, 5.41) is 0. The lowest BCUT2D eigenvalue weighted by Crippen LogP contribution is -1.87. The number of aliphatic imine (C=N–C) groups is 1. The first-order chi connectivity index (χ1) is 7.84. The first-order valence-electron chi connectivity index (χ1n) is 5.24. The predicted octanol–water partition coefficient (Wildman–Crippen LogP) is 2.89. The van der Waals surface area contributed by atoms with Gasteiger partial charge in [-0.1, -0.05) is 42.5 Å². The maximum Gasteiger partial charge on any atom is 0.0639 e. The molecule has 0 atom stereocenters. The fourth-order valence-corrected chi connectivity index (χ4v) is 1.42. The van der Waals surface area contributed by atoms with Gasteiger partial charge in [0.1, 0.15) is 0 Å². The van der Waals surface area contributed by atoms with Gasteiger partial charge in [0.2, 0.25) is 0 Å². The van der Waals surface area contributed by atoms with Gasteiger partial charge in [0.15, 0.2) is 0 Å². The molecule has 0 aliphatic carbocycles. The molecule has 16 heavy (non-hydrogen) atoms. The first-order valence-corrected chi connectivity index (χ1v) is 5.24. The van der Waals surface area contributed by atoms with E-state index in [0.717, 1.165) is 11.3 Å². The van der Waals surface area contributed by atoms with Gasteiger partial charge in [-0.15, -0.1) is 0 Å². The van der Waals surface area contributed by atoms with E-state index < -0.39 is 0 Å². The predicted molar refractivity (Wildman–Crippen MR) is 68.6 cm³/mol. The van der Waals surface area contributed by atoms with Gasteiger partial charge in [0.25, 0.3) is 0 Å². The number of hydrogen-bond acceptors (Lipinski definition) is 2. The largest absolute Gasteiger partial charge is 0.399 e. The summed E-state index contributed by atoms with van der Waals surface area (Å²) >= 11 is 0. The Morgan fingerprint density at radius 3 is 2.31 bits per heavy atom. The third-order valence-corrected chi connectivity index (χ3v) is 2.29. The highest BCUT2D eigenvalue weighted by molar-refractivity contribution is 5.80. The lowest BCUT2D eigenvalue weighted by Gasteiger charge is -1.96. The number of benzene rings is 2. The van der Waals surface area contributed by atoms with Crippen molar-refractivity contribution in [3.8, 4) is 0 Å². The summed E-state index contributed by atoms with van der Waals surface area (Å²) in [4.78, 5) is 4.38. The van der Waals surface area contributed by atoms with Crippen LogP contribution in [0, 0.1) is 0 Å². The van der Waals surface area contributed by atoms with Crippen LogP contribution in [0.5, 0.6) is 0 Å². The molecule has 2 nitrogen and oxygen atoms in total. The van der Waals surface area contributed by atoms with E-state index in [0.29, 0.717) is 6.54 Å². The van der Waals surface area contributed by atoms with E-state index in [9.17, 15) is 0 Å². The molecule has 0 saturated carbocycles. The highest BCUT2D eigenvalue weighted by atomic mass is 14.7. The normalized spacial score (nSPS) is 10.8. The van der Waals surface area contributed by atoms with Gasteiger partial charge >= 0.3 is 0 Å². The van der Waals surface area contributed by atoms with Crippen LogP contribution in [0.4, 0.5) is 5.69 Å². The Morgan fingerprint density at radius 2 is 1.62 bits per heavy atom. The minimum atomic E-state index is 0.714. The summed E-state index contributed by atoms with van der Waals surface area (Å²) in [7, 11) is 0. The van der Waals surface area contributed by atoms with Crippen LogP contribution in [0.15, 0.2) is 59.6 Å². The van der Waals surface area contributed by atoms with Crippen molar-refractivity contribution in [3.63, 3.8) is 0 Å². The van der Waals surface area contributed by atoms with Crippen LogP contribution in [-0.2, 0) is 6.54 Å². The SMILES string of the molecule is Nc1ccc(/C=N/Cc2ccccc2)cc1. The maximum atomic E-state index is 5.60. The summed E-state index contributed by atoms with van der Waals surface area (Å²) in [6.07, 6.45) is 1.87. The Hall–Kier alpha value is -2.09. The highest BCUT2D eigenvalue weighted by Crippen LogP contribution is 2.04. The van der Waals surface area contributed by atoms with Crippen molar-refractivity contribution in [1.82, 2.24) is 0 Å². The Labute approximate surface area is 95.5 Å². The Kier molecular flexibility index (Phi) is 3.34. The zero-order valence-corrected chi connectivity index (χ0v) is 9.01. The molecule has 0 fully saturated rings. The molecular weight excluding hydrogens is 196 g/mol. The number of nitrogens with zero attached hydrogens (tertiary/aromatic N) is 1. The molecule has 0 spiro atoms. The van der Waals surface area contributed by atoms with Crippen LogP contribution in [0.1, 0.15) is 11.1 Å². The fourth-order valence-electron chi connectivity index (χ4n) is 1.42. The van der Waals surface area contributed by atoms with E-state index in [4.69, 9.17) is 5.73 Å². The van der Waals surface area contributed by atoms with E-state index >= 15 is 0 Å². The smallest absolute Gasteiger partial charge is 0.0639 e. The monoisotopic (exact) mass is 210 g/mol. The minimum absolute atomic E-state index is 0.714. The van der Waals surface area contributed by atoms with Crippen LogP contribution >= 0.6 is 0 Å². The molecule has 2 aromatic carbocycles. The molecule has 0 aliphatic rings. The van der Waals surface area contributed by atoms with Crippen molar-refractivity contribution in [1.29, 1.82) is 0 Å². The number of anilines is 1. The van der Waals surface area contributed by atoms with E-state index in [-0.39, 0.29) is 0 Å². The van der Waals surface area contributed by atoms with Crippen molar-refractivity contribution in [3.05, 3.63) is 65.7 Å². The van der Waals surface area contributed by atoms with Crippen molar-refractivity contribution in [2.24, 2.45) is 4.99 Å². The summed E-state index contributed by atoms with van der Waals surface area (Å²) in [6.45, 7) is 0.714. The average molecular weight is 210 g/mol. The van der Waals surface area contributed by atoms with Crippen LogP contribution in [0.2, 0.25) is 0 Å². The second-order valence-corrected chi connectivity index (χ2v) is 3.62. The molecule has 0 aromatic heterocycles. The van der Waals surface area contributed by atoms with Crippen LogP contribution in [-0.4, -0.2) is 6.21 Å². The summed E-state index contributed by atoms with van der Waals surface area (Å²) in [5.41, 5.74) is 8.67. The zero-order valence-electron chi connectivity index (χ0n) is 9.01. The molecule has 2 rings (SSSR count). The zero-order chi connectivity index (χ0) is 11.2. The molecule has 2 heteroatoms. The minimum Gasteiger partial charge on any atom is -0.399 e. The van der Waals surface area contributed by atoms with Gasteiger partial charge in [-0.25, -0.2) is 0 Å². The first kappa shape index (κ1) is 10.4. The Balaban J connectivity index is 1.98. The quantitative estimate of drug-likeness (QED) is 0.614. The lowest BCUT2D eigenvalue weighted by molar-refractivity contribution is 1.08. The van der Waals surface area contributed by atoms with Gasteiger partial charge in [0.05, 0.1) is 6.54 Å². The standard InChI is InChI=1S/C14H14N2/c15-14-8-6-13(7-9-14)11-16-10-12-4-2-1-3-5-12/h1-9,11H,10,15H2/b16-11+. The molecule has 0 aliphatic heterocycles. The lowest BCUT2D eigenvalue weighted by atomic mass is 10.2. The molecule has 0 bridgehead atoms. The van der Waals surface area contributed by atoms with Crippen LogP contribution in [0.3, 0.4) is 0 Å². The number of nitrogens with two attached hydrogens (primary N) is 1. The summed E-state index contributed by atoms with van der Waals surface area (Å²) in [6, 6.07) is 17.9. The van der Waals surface area contributed by atoms with Crippen molar-refractivity contribution in [2.45, 2.75) is 6.54 Å². The van der Waals surface area contributed by atoms with Gasteiger partial charge in [0, 0.05) is 11.9 Å². The fraction of sp³-hybridized carbons (Fsp3) is 0.0714. The van der Waals surface area contributed by atoms with Crippen molar-refractivity contribution < 1.29 is 0 Å². The number of nitrogen functional groups attached to an aromatic ring is 1. The molecule has 0 saturated heterocycles. The summed E-state index contributed by atoms with van der Waals surface area (Å²) < 4.78 is 0. The molecule has 0 amide bonds. The Bertz CT molecular complexity index is 458. The van der Waals surface area contributed by atoms with Crippen molar-refractivity contribution >= 4 is 11.9 Å². The number of rotatable bonds is 3. The van der Waals surface area contributed by atoms with E-state index in [1.807, 2.05) is 48.7 Å². The molecule has 0 radical (unpaired) electrons. The van der Waals surface area contributed by atoms with Crippen molar-refractivity contribution in [2.75, 3.05) is 5.73 Å². The van der Waals surface area contributed by atoms with Gasteiger partial charge in [-0.2, -0.15) is 0 Å². The molecule has 2 aromatic rings. The van der Waals surface area contributed by atoms with Gasteiger partial charge in [-0.05, 0) is 23.3 Å². The third-order valence-electron chi connectivity index (χ3n) is 2.29. The van der Waals surface area contributed by atoms with E-state index in [1.54, 1.807) is 0 Å². The Morgan fingerprint density at radius 1 is 0.938 bits per heavy atom. The third kappa shape index (κ3) is 2.95. The molecule has 0 unspecified atom stereocenters. The highest BCUT2D eigenvalue weighted by Gasteiger charge is 1.89. The van der Waals surface area contributed by atoms with Gasteiger partial charge in [-0.3, -0.25) is 4.99 Å². The molecule has 2 N–H and O–H groups in total. The second-order valence-electron chi connectivity index (χ2n) is 3.62. The van der Waals surface area contributed by atoms with E-state index in [1.165, 1.54) is 5.56 Å². The van der Waals surface area contributed by atoms with Crippen LogP contribution < -0.4 is 5.73 Å². The maximum absolute atomic E-state index is 5.60. The number of hydrogen-bond donors (Lipinski definition) is 1. The van der Waals surface area contributed by atoms with Gasteiger partial charge < -0.3 is 5.73 Å². The van der Waals surface area contributed by atoms with Crippen LogP contribution in [0.25, 0.3) is 0 Å². The topological polar surface area (TPSA) is 38.4 Å². The molecule has 0 heterocycles. The molecule has 80 valence electrons.